The highest BCUT2D eigenvalue weighted by atomic mass is 32.1. The average Bonchev–Trinajstić information content (AvgIpc) is 3.04. The van der Waals surface area contributed by atoms with E-state index in [4.69, 9.17) is 15.9 Å². The quantitative estimate of drug-likeness (QED) is 0.591. The second-order valence-electron chi connectivity index (χ2n) is 4.89. The van der Waals surface area contributed by atoms with E-state index in [9.17, 15) is 0 Å². The topological polar surface area (TPSA) is 71.1 Å². The van der Waals surface area contributed by atoms with Crippen molar-refractivity contribution in [1.82, 2.24) is 5.32 Å². The zero-order chi connectivity index (χ0) is 13.2. The normalized spacial score (nSPS) is 18.8. The summed E-state index contributed by atoms with van der Waals surface area (Å²) in [5.74, 6) is 1.64. The van der Waals surface area contributed by atoms with Gasteiger partial charge < -0.3 is 15.8 Å². The summed E-state index contributed by atoms with van der Waals surface area (Å²) in [6.45, 7) is 2.92. The van der Waals surface area contributed by atoms with Crippen LogP contribution >= 0.6 is 11.3 Å². The van der Waals surface area contributed by atoms with Gasteiger partial charge in [-0.15, -0.1) is 11.3 Å². The molecular weight excluding hydrogens is 258 g/mol. The molecule has 100 valence electrons. The highest BCUT2D eigenvalue weighted by molar-refractivity contribution is 7.20. The Balaban J connectivity index is 1.74. The van der Waals surface area contributed by atoms with Crippen LogP contribution in [-0.2, 0) is 0 Å². The molecule has 1 fully saturated rings. The lowest BCUT2D eigenvalue weighted by molar-refractivity contribution is 0.260. The fourth-order valence-corrected chi connectivity index (χ4v) is 3.26. The summed E-state index contributed by atoms with van der Waals surface area (Å²) in [5.41, 5.74) is 5.51. The van der Waals surface area contributed by atoms with Gasteiger partial charge in [0.2, 0.25) is 0 Å². The molecule has 0 saturated carbocycles. The summed E-state index contributed by atoms with van der Waals surface area (Å²) in [6, 6.07) is 8.00. The van der Waals surface area contributed by atoms with Crippen molar-refractivity contribution in [3.05, 3.63) is 29.1 Å². The van der Waals surface area contributed by atoms with Gasteiger partial charge >= 0.3 is 0 Å². The van der Waals surface area contributed by atoms with E-state index in [1.54, 1.807) is 0 Å². The van der Waals surface area contributed by atoms with Gasteiger partial charge in [0.15, 0.2) is 0 Å². The van der Waals surface area contributed by atoms with Crippen LogP contribution in [0.1, 0.15) is 11.3 Å². The van der Waals surface area contributed by atoms with E-state index >= 15 is 0 Å². The summed E-state index contributed by atoms with van der Waals surface area (Å²) in [4.78, 5) is 0.812. The van der Waals surface area contributed by atoms with E-state index in [1.807, 2.05) is 24.3 Å². The number of nitrogens with two attached hydrogens (primary N) is 1. The number of thiophene rings is 1. The molecule has 1 aromatic carbocycles. The molecule has 1 atom stereocenters. The predicted molar refractivity (Wildman–Crippen MR) is 79.3 cm³/mol. The number of fused-ring (bicyclic) bond motifs is 1. The van der Waals surface area contributed by atoms with Crippen molar-refractivity contribution in [2.45, 2.75) is 6.42 Å². The Bertz CT molecular complexity index is 602. The Kier molecular flexibility index (Phi) is 3.40. The molecule has 1 unspecified atom stereocenters. The van der Waals surface area contributed by atoms with Crippen molar-refractivity contribution in [1.29, 1.82) is 5.41 Å². The number of rotatable bonds is 4. The van der Waals surface area contributed by atoms with Crippen LogP contribution in [0.25, 0.3) is 10.1 Å². The number of hydrogen-bond acceptors (Lipinski definition) is 4. The first-order valence-corrected chi connectivity index (χ1v) is 7.25. The number of benzene rings is 1. The van der Waals surface area contributed by atoms with Crippen molar-refractivity contribution in [2.75, 3.05) is 19.7 Å². The Hall–Kier alpha value is -1.59. The number of nitrogen functional groups attached to an aromatic ring is 1. The lowest BCUT2D eigenvalue weighted by Crippen LogP contribution is -2.15. The minimum Gasteiger partial charge on any atom is -0.493 e. The molecule has 19 heavy (non-hydrogen) atoms. The summed E-state index contributed by atoms with van der Waals surface area (Å²) in [6.07, 6.45) is 1.19. The van der Waals surface area contributed by atoms with Crippen molar-refractivity contribution < 1.29 is 4.74 Å². The third kappa shape index (κ3) is 2.72. The fraction of sp³-hybridized carbons (Fsp3) is 0.357. The van der Waals surface area contributed by atoms with Crippen LogP contribution in [0.3, 0.4) is 0 Å². The van der Waals surface area contributed by atoms with Gasteiger partial charge in [-0.1, -0.05) is 0 Å². The lowest BCUT2D eigenvalue weighted by atomic mass is 10.1. The maximum Gasteiger partial charge on any atom is 0.133 e. The number of hydrogen-bond donors (Lipinski definition) is 3. The molecule has 0 aliphatic carbocycles. The van der Waals surface area contributed by atoms with Gasteiger partial charge in [0.05, 0.1) is 11.5 Å². The van der Waals surface area contributed by atoms with Gasteiger partial charge in [-0.3, -0.25) is 5.41 Å². The smallest absolute Gasteiger partial charge is 0.133 e. The molecule has 1 aliphatic heterocycles. The predicted octanol–water partition coefficient (Wildman–Crippen LogP) is 2.17. The standard InChI is InChI=1S/C14H17N3OS/c15-14(16)13-5-10-1-2-11(6-12(10)19-13)18-8-9-3-4-17-7-9/h1-2,5-6,9,17H,3-4,7-8H2,(H3,15,16). The Labute approximate surface area is 116 Å². The van der Waals surface area contributed by atoms with Gasteiger partial charge in [-0.25, -0.2) is 0 Å². The molecule has 2 heterocycles. The number of ether oxygens (including phenoxy) is 1. The second kappa shape index (κ2) is 5.19. The van der Waals surface area contributed by atoms with E-state index in [0.717, 1.165) is 40.4 Å². The van der Waals surface area contributed by atoms with Crippen LogP contribution in [0.15, 0.2) is 24.3 Å². The van der Waals surface area contributed by atoms with Gasteiger partial charge in [-0.2, -0.15) is 0 Å². The highest BCUT2D eigenvalue weighted by Gasteiger charge is 2.15. The maximum atomic E-state index is 7.47. The average molecular weight is 275 g/mol. The molecule has 4 N–H and O–H groups in total. The van der Waals surface area contributed by atoms with Crippen LogP contribution in [0.4, 0.5) is 0 Å². The van der Waals surface area contributed by atoms with E-state index in [2.05, 4.69) is 5.32 Å². The summed E-state index contributed by atoms with van der Waals surface area (Å²) in [5, 5.41) is 11.9. The molecule has 1 aromatic heterocycles. The highest BCUT2D eigenvalue weighted by Crippen LogP contribution is 2.29. The van der Waals surface area contributed by atoms with Gasteiger partial charge in [0, 0.05) is 17.2 Å². The molecule has 0 radical (unpaired) electrons. The zero-order valence-corrected chi connectivity index (χ0v) is 11.4. The van der Waals surface area contributed by atoms with Crippen LogP contribution in [-0.4, -0.2) is 25.5 Å². The fourth-order valence-electron chi connectivity index (χ4n) is 2.30. The van der Waals surface area contributed by atoms with Crippen LogP contribution in [0, 0.1) is 11.3 Å². The minimum atomic E-state index is 0.126. The Morgan fingerprint density at radius 2 is 2.37 bits per heavy atom. The summed E-state index contributed by atoms with van der Waals surface area (Å²) < 4.78 is 6.97. The Morgan fingerprint density at radius 3 is 3.11 bits per heavy atom. The van der Waals surface area contributed by atoms with Crippen LogP contribution < -0.4 is 15.8 Å². The van der Waals surface area contributed by atoms with Crippen LogP contribution in [0.5, 0.6) is 5.75 Å². The van der Waals surface area contributed by atoms with Crippen molar-refractivity contribution in [3.8, 4) is 5.75 Å². The zero-order valence-electron chi connectivity index (χ0n) is 10.6. The van der Waals surface area contributed by atoms with Crippen LogP contribution in [0.2, 0.25) is 0 Å². The van der Waals surface area contributed by atoms with E-state index < -0.39 is 0 Å². The van der Waals surface area contributed by atoms with Crippen molar-refractivity contribution in [3.63, 3.8) is 0 Å². The molecule has 2 aromatic rings. The molecule has 0 spiro atoms. The maximum absolute atomic E-state index is 7.47. The largest absolute Gasteiger partial charge is 0.493 e. The van der Waals surface area contributed by atoms with E-state index in [0.29, 0.717) is 5.92 Å². The molecule has 3 rings (SSSR count). The monoisotopic (exact) mass is 275 g/mol. The lowest BCUT2D eigenvalue weighted by Gasteiger charge is -2.10. The first-order valence-electron chi connectivity index (χ1n) is 6.44. The van der Waals surface area contributed by atoms with Gasteiger partial charge in [-0.05, 0) is 42.6 Å². The first-order chi connectivity index (χ1) is 9.22. The second-order valence-corrected chi connectivity index (χ2v) is 5.98. The molecule has 5 heteroatoms. The third-order valence-corrected chi connectivity index (χ3v) is 4.54. The van der Waals surface area contributed by atoms with E-state index in [-0.39, 0.29) is 5.84 Å². The summed E-state index contributed by atoms with van der Waals surface area (Å²) in [7, 11) is 0. The number of amidine groups is 1. The third-order valence-electron chi connectivity index (χ3n) is 3.41. The first kappa shape index (κ1) is 12.4. The molecule has 1 aliphatic rings. The van der Waals surface area contributed by atoms with E-state index in [1.165, 1.54) is 17.8 Å². The molecule has 0 bridgehead atoms. The van der Waals surface area contributed by atoms with Gasteiger partial charge in [0.1, 0.15) is 11.6 Å². The Morgan fingerprint density at radius 1 is 1.47 bits per heavy atom. The summed E-state index contributed by atoms with van der Waals surface area (Å²) >= 11 is 1.54. The molecule has 4 nitrogen and oxygen atoms in total. The molecular formula is C14H17N3OS. The molecule has 1 saturated heterocycles. The molecule has 0 amide bonds. The number of nitrogens with one attached hydrogen (secondary N) is 2. The van der Waals surface area contributed by atoms with Gasteiger partial charge in [0.25, 0.3) is 0 Å². The minimum absolute atomic E-state index is 0.126. The van der Waals surface area contributed by atoms with Crippen molar-refractivity contribution >= 4 is 27.3 Å². The van der Waals surface area contributed by atoms with Crippen molar-refractivity contribution in [2.24, 2.45) is 11.7 Å². The SMILES string of the molecule is N=C(N)c1cc2ccc(OCC3CCNC3)cc2s1.